The van der Waals surface area contributed by atoms with Crippen molar-refractivity contribution in [3.05, 3.63) is 76.1 Å². The Morgan fingerprint density at radius 1 is 1.16 bits per heavy atom. The predicted molar refractivity (Wildman–Crippen MR) is 150 cm³/mol. The molecule has 7 nitrogen and oxygen atoms in total. The molecule has 2 heterocycles. The van der Waals surface area contributed by atoms with Crippen LogP contribution < -0.4 is 15.4 Å². The van der Waals surface area contributed by atoms with Crippen LogP contribution in [0.25, 0.3) is 10.2 Å². The number of halogens is 3. The van der Waals surface area contributed by atoms with Crippen molar-refractivity contribution in [1.29, 1.82) is 0 Å². The van der Waals surface area contributed by atoms with E-state index in [2.05, 4.69) is 32.4 Å². The third-order valence-corrected chi connectivity index (χ3v) is 7.15. The Hall–Kier alpha value is -2.94. The van der Waals surface area contributed by atoms with E-state index in [4.69, 9.17) is 16.3 Å². The number of ether oxygens (including phenoxy) is 1. The van der Waals surface area contributed by atoms with Crippen LogP contribution in [0.4, 0.5) is 15.9 Å². The Bertz CT molecular complexity index is 1550. The molecule has 0 saturated carbocycles. The van der Waals surface area contributed by atoms with Gasteiger partial charge in [0, 0.05) is 18.5 Å². The van der Waals surface area contributed by atoms with Gasteiger partial charge in [-0.1, -0.05) is 35.6 Å². The van der Waals surface area contributed by atoms with Crippen molar-refractivity contribution in [3.8, 4) is 17.6 Å². The summed E-state index contributed by atoms with van der Waals surface area (Å²) in [6.07, 6.45) is 2.68. The first-order valence-corrected chi connectivity index (χ1v) is 14.1. The molecule has 0 amide bonds. The first-order valence-electron chi connectivity index (χ1n) is 10.8. The number of nitrogens with one attached hydrogen (secondary N) is 2. The van der Waals surface area contributed by atoms with Crippen LogP contribution in [-0.4, -0.2) is 43.5 Å². The van der Waals surface area contributed by atoms with E-state index >= 15 is 0 Å². The molecule has 0 atom stereocenters. The average Bonchev–Trinajstić information content (AvgIpc) is 3.24. The summed E-state index contributed by atoms with van der Waals surface area (Å²) in [5.41, 5.74) is 2.18. The Morgan fingerprint density at radius 3 is 2.76 bits per heavy atom. The Labute approximate surface area is 229 Å². The molecule has 0 aliphatic heterocycles. The second-order valence-corrected chi connectivity index (χ2v) is 11.6. The molecule has 0 fully saturated rings. The second kappa shape index (κ2) is 13.0. The van der Waals surface area contributed by atoms with Crippen LogP contribution in [-0.2, 0) is 16.4 Å². The maximum absolute atomic E-state index is 13.4. The zero-order chi connectivity index (χ0) is 25.5. The molecule has 2 N–H and O–H groups in total. The molecule has 12 heteroatoms. The maximum Gasteiger partial charge on any atom is 0.151 e. The van der Waals surface area contributed by atoms with Gasteiger partial charge in [0.05, 0.1) is 32.4 Å². The van der Waals surface area contributed by atoms with E-state index in [1.165, 1.54) is 36.1 Å². The van der Waals surface area contributed by atoms with E-state index in [9.17, 15) is 12.8 Å². The van der Waals surface area contributed by atoms with E-state index in [1.54, 1.807) is 24.3 Å². The molecule has 2 aromatic carbocycles. The quantitative estimate of drug-likeness (QED) is 0.207. The number of anilines is 2. The highest BCUT2D eigenvalue weighted by Gasteiger charge is 2.10. The first-order chi connectivity index (χ1) is 17.3. The number of fused-ring (bicyclic) bond motifs is 1. The van der Waals surface area contributed by atoms with Gasteiger partial charge in [0.1, 0.15) is 34.3 Å². The summed E-state index contributed by atoms with van der Waals surface area (Å²) in [5.74, 6) is 6.92. The molecular formula is C25H23Cl2FN4O3S2. The van der Waals surface area contributed by atoms with Gasteiger partial charge in [0.15, 0.2) is 5.82 Å². The van der Waals surface area contributed by atoms with Crippen molar-refractivity contribution in [3.63, 3.8) is 0 Å². The average molecular weight is 582 g/mol. The fourth-order valence-electron chi connectivity index (χ4n) is 3.17. The van der Waals surface area contributed by atoms with Crippen LogP contribution in [0.15, 0.2) is 54.9 Å². The highest BCUT2D eigenvalue weighted by Crippen LogP contribution is 2.33. The van der Waals surface area contributed by atoms with E-state index in [0.717, 1.165) is 15.1 Å². The summed E-state index contributed by atoms with van der Waals surface area (Å²) in [6.45, 7) is 0.937. The second-order valence-electron chi connectivity index (χ2n) is 7.84. The Kier molecular flexibility index (Phi) is 10.1. The van der Waals surface area contributed by atoms with Gasteiger partial charge in [0.2, 0.25) is 0 Å². The minimum atomic E-state index is -2.99. The molecule has 0 saturated heterocycles. The highest BCUT2D eigenvalue weighted by molar-refractivity contribution is 7.90. The van der Waals surface area contributed by atoms with Gasteiger partial charge in [-0.05, 0) is 42.0 Å². The standard InChI is InChI=1S/C25H22ClFN4O3S2.ClH/c1-36(32,33)11-10-28-9-3-6-20-14-22-24(35-20)25(30-16-29-22)31-19-7-8-23(21(26)13-19)34-15-17-4-2-5-18(27)12-17;/h2,4-5,7-8,12-14,16,28H,9-11,15H2,1H3,(H,29,30,31);1H. The van der Waals surface area contributed by atoms with E-state index in [1.807, 2.05) is 12.1 Å². The number of rotatable bonds is 9. The molecule has 4 aromatic rings. The molecule has 0 aliphatic carbocycles. The van der Waals surface area contributed by atoms with Crippen LogP contribution >= 0.6 is 35.3 Å². The lowest BCUT2D eigenvalue weighted by atomic mass is 10.2. The lowest BCUT2D eigenvalue weighted by Crippen LogP contribution is -2.22. The molecule has 0 radical (unpaired) electrons. The van der Waals surface area contributed by atoms with E-state index < -0.39 is 9.84 Å². The zero-order valence-corrected chi connectivity index (χ0v) is 22.8. The van der Waals surface area contributed by atoms with Crippen molar-refractivity contribution >= 4 is 66.9 Å². The first kappa shape index (κ1) is 28.6. The third kappa shape index (κ3) is 8.55. The SMILES string of the molecule is CS(=O)(=O)CCNCC#Cc1cc2ncnc(Nc3ccc(OCc4cccc(F)c4)c(Cl)c3)c2s1.Cl. The lowest BCUT2D eigenvalue weighted by molar-refractivity contribution is 0.306. The maximum atomic E-state index is 13.4. The van der Waals surface area contributed by atoms with Crippen molar-refractivity contribution in [2.45, 2.75) is 6.61 Å². The van der Waals surface area contributed by atoms with E-state index in [-0.39, 0.29) is 30.6 Å². The van der Waals surface area contributed by atoms with Crippen LogP contribution in [0.2, 0.25) is 5.02 Å². The fraction of sp³-hybridized carbons (Fsp3) is 0.200. The molecule has 2 aromatic heterocycles. The summed E-state index contributed by atoms with van der Waals surface area (Å²) in [6, 6.07) is 13.4. The van der Waals surface area contributed by atoms with Gasteiger partial charge in [-0.2, -0.15) is 0 Å². The summed E-state index contributed by atoms with van der Waals surface area (Å²) < 4.78 is 42.3. The molecule has 4 rings (SSSR count). The summed E-state index contributed by atoms with van der Waals surface area (Å²) in [5, 5.41) is 6.66. The molecule has 0 bridgehead atoms. The number of hydrogen-bond donors (Lipinski definition) is 2. The zero-order valence-electron chi connectivity index (χ0n) is 19.6. The third-order valence-electron chi connectivity index (χ3n) is 4.86. The molecule has 0 spiro atoms. The monoisotopic (exact) mass is 580 g/mol. The number of nitrogens with zero attached hydrogens (tertiary/aromatic N) is 2. The number of hydrogen-bond acceptors (Lipinski definition) is 8. The topological polar surface area (TPSA) is 93.2 Å². The molecule has 194 valence electrons. The molecule has 0 unspecified atom stereocenters. The fourth-order valence-corrected chi connectivity index (χ4v) is 4.85. The van der Waals surface area contributed by atoms with Gasteiger partial charge in [-0.25, -0.2) is 22.8 Å². The number of aromatic nitrogens is 2. The Balaban J connectivity index is 0.00000380. The number of sulfone groups is 1. The van der Waals surface area contributed by atoms with Crippen molar-refractivity contribution < 1.29 is 17.5 Å². The predicted octanol–water partition coefficient (Wildman–Crippen LogP) is 5.21. The number of benzene rings is 2. The van der Waals surface area contributed by atoms with Gasteiger partial charge >= 0.3 is 0 Å². The van der Waals surface area contributed by atoms with Crippen molar-refractivity contribution in [2.24, 2.45) is 0 Å². The van der Waals surface area contributed by atoms with Crippen LogP contribution in [0, 0.1) is 17.7 Å². The van der Waals surface area contributed by atoms with Crippen LogP contribution in [0.5, 0.6) is 5.75 Å². The van der Waals surface area contributed by atoms with Crippen molar-refractivity contribution in [2.75, 3.05) is 30.4 Å². The lowest BCUT2D eigenvalue weighted by Gasteiger charge is -2.11. The smallest absolute Gasteiger partial charge is 0.151 e. The number of thiophene rings is 1. The highest BCUT2D eigenvalue weighted by atomic mass is 35.5. The molecule has 37 heavy (non-hydrogen) atoms. The summed E-state index contributed by atoms with van der Waals surface area (Å²) in [7, 11) is -2.99. The van der Waals surface area contributed by atoms with Gasteiger partial charge < -0.3 is 15.4 Å². The van der Waals surface area contributed by atoms with Gasteiger partial charge in [-0.3, -0.25) is 0 Å². The van der Waals surface area contributed by atoms with Gasteiger partial charge in [-0.15, -0.1) is 23.7 Å². The molecule has 0 aliphatic rings. The minimum Gasteiger partial charge on any atom is -0.487 e. The van der Waals surface area contributed by atoms with Gasteiger partial charge in [0.25, 0.3) is 0 Å². The normalized spacial score (nSPS) is 10.9. The summed E-state index contributed by atoms with van der Waals surface area (Å²) >= 11 is 7.86. The minimum absolute atomic E-state index is 0. The van der Waals surface area contributed by atoms with E-state index in [0.29, 0.717) is 40.9 Å². The molecular weight excluding hydrogens is 558 g/mol. The Morgan fingerprint density at radius 2 is 2.00 bits per heavy atom. The van der Waals surface area contributed by atoms with Crippen molar-refractivity contribution in [1.82, 2.24) is 15.3 Å². The van der Waals surface area contributed by atoms with Crippen LogP contribution in [0.3, 0.4) is 0 Å². The van der Waals surface area contributed by atoms with Crippen LogP contribution in [0.1, 0.15) is 10.4 Å². The summed E-state index contributed by atoms with van der Waals surface area (Å²) in [4.78, 5) is 9.49. The largest absolute Gasteiger partial charge is 0.487 e.